The highest BCUT2D eigenvalue weighted by Gasteiger charge is 2.42. The number of alkyl halides is 3. The van der Waals surface area contributed by atoms with Gasteiger partial charge in [0.1, 0.15) is 0 Å². The average molecular weight is 303 g/mol. The second-order valence-electron chi connectivity index (χ2n) is 7.57. The maximum Gasteiger partial charge on any atom is 0.391 e. The topological polar surface area (TPSA) is 12.0 Å². The Bertz CT molecular complexity index is 333. The molecule has 0 aromatic rings. The van der Waals surface area contributed by atoms with E-state index in [1.807, 2.05) is 0 Å². The van der Waals surface area contributed by atoms with Gasteiger partial charge in [0.15, 0.2) is 0 Å². The predicted molar refractivity (Wildman–Crippen MR) is 78.0 cm³/mol. The van der Waals surface area contributed by atoms with Crippen molar-refractivity contribution in [3.63, 3.8) is 0 Å². The van der Waals surface area contributed by atoms with E-state index in [1.54, 1.807) is 0 Å². The summed E-state index contributed by atoms with van der Waals surface area (Å²) in [7, 11) is 0. The van der Waals surface area contributed by atoms with E-state index in [1.165, 1.54) is 44.9 Å². The van der Waals surface area contributed by atoms with Crippen LogP contribution in [0.1, 0.15) is 70.6 Å². The van der Waals surface area contributed by atoms with Gasteiger partial charge >= 0.3 is 6.18 Å². The van der Waals surface area contributed by atoms with Crippen LogP contribution in [-0.2, 0) is 0 Å². The van der Waals surface area contributed by atoms with Crippen molar-refractivity contribution in [2.24, 2.45) is 17.8 Å². The maximum absolute atomic E-state index is 12.7. The number of hydrogen-bond acceptors (Lipinski definition) is 1. The van der Waals surface area contributed by atoms with Crippen molar-refractivity contribution in [3.8, 4) is 0 Å². The lowest BCUT2D eigenvalue weighted by Crippen LogP contribution is -2.45. The third-order valence-corrected chi connectivity index (χ3v) is 6.20. The standard InChI is InChI=1S/C17H28F3N/c18-17(19,20)14-6-9-15(10-7-14)21-16-8-5-12-3-1-2-4-13(12)11-16/h12-16,21H,1-11H2. The molecule has 0 aliphatic heterocycles. The van der Waals surface area contributed by atoms with Crippen LogP contribution < -0.4 is 5.32 Å². The Kier molecular flexibility index (Phi) is 4.82. The van der Waals surface area contributed by atoms with Crippen molar-refractivity contribution < 1.29 is 13.2 Å². The lowest BCUT2D eigenvalue weighted by molar-refractivity contribution is -0.182. The van der Waals surface area contributed by atoms with Gasteiger partial charge in [-0.15, -0.1) is 0 Å². The van der Waals surface area contributed by atoms with Crippen LogP contribution in [0.4, 0.5) is 13.2 Å². The van der Waals surface area contributed by atoms with Gasteiger partial charge < -0.3 is 5.32 Å². The van der Waals surface area contributed by atoms with Gasteiger partial charge in [-0.25, -0.2) is 0 Å². The van der Waals surface area contributed by atoms with Gasteiger partial charge in [-0.3, -0.25) is 0 Å². The second kappa shape index (κ2) is 6.47. The van der Waals surface area contributed by atoms with Crippen LogP contribution in [0.2, 0.25) is 0 Å². The molecule has 0 amide bonds. The Morgan fingerprint density at radius 2 is 1.29 bits per heavy atom. The smallest absolute Gasteiger partial charge is 0.311 e. The summed E-state index contributed by atoms with van der Waals surface area (Å²) in [5.41, 5.74) is 0. The number of halogens is 3. The highest BCUT2D eigenvalue weighted by Crippen LogP contribution is 2.41. The molecule has 0 aromatic heterocycles. The first-order valence-electron chi connectivity index (χ1n) is 8.85. The van der Waals surface area contributed by atoms with Crippen molar-refractivity contribution in [2.45, 2.75) is 88.9 Å². The third-order valence-electron chi connectivity index (χ3n) is 6.20. The zero-order chi connectivity index (χ0) is 14.9. The van der Waals surface area contributed by atoms with Crippen LogP contribution >= 0.6 is 0 Å². The Labute approximate surface area is 126 Å². The summed E-state index contributed by atoms with van der Waals surface area (Å²) in [5, 5.41) is 3.70. The fourth-order valence-corrected chi connectivity index (χ4v) is 4.95. The minimum absolute atomic E-state index is 0.319. The Morgan fingerprint density at radius 1 is 0.667 bits per heavy atom. The van der Waals surface area contributed by atoms with Crippen LogP contribution in [0, 0.1) is 17.8 Å². The van der Waals surface area contributed by atoms with E-state index >= 15 is 0 Å². The van der Waals surface area contributed by atoms with Crippen molar-refractivity contribution in [1.29, 1.82) is 0 Å². The average Bonchev–Trinajstić information content (AvgIpc) is 2.47. The molecular weight excluding hydrogens is 275 g/mol. The van der Waals surface area contributed by atoms with Gasteiger partial charge in [0.25, 0.3) is 0 Å². The Hall–Kier alpha value is -0.250. The first kappa shape index (κ1) is 15.6. The molecule has 3 aliphatic rings. The fourth-order valence-electron chi connectivity index (χ4n) is 4.95. The van der Waals surface area contributed by atoms with Gasteiger partial charge in [-0.2, -0.15) is 13.2 Å². The summed E-state index contributed by atoms with van der Waals surface area (Å²) < 4.78 is 38.1. The molecule has 3 aliphatic carbocycles. The fraction of sp³-hybridized carbons (Fsp3) is 1.00. The summed E-state index contributed by atoms with van der Waals surface area (Å²) >= 11 is 0. The van der Waals surface area contributed by atoms with E-state index in [9.17, 15) is 13.2 Å². The molecule has 21 heavy (non-hydrogen) atoms. The monoisotopic (exact) mass is 303 g/mol. The van der Waals surface area contributed by atoms with Crippen molar-refractivity contribution in [2.75, 3.05) is 0 Å². The van der Waals surface area contributed by atoms with Crippen molar-refractivity contribution in [1.82, 2.24) is 5.32 Å². The first-order chi connectivity index (χ1) is 10.0. The van der Waals surface area contributed by atoms with E-state index in [0.29, 0.717) is 37.8 Å². The summed E-state index contributed by atoms with van der Waals surface area (Å²) in [6.07, 6.45) is 7.47. The van der Waals surface area contributed by atoms with Gasteiger partial charge in [-0.05, 0) is 56.8 Å². The zero-order valence-corrected chi connectivity index (χ0v) is 12.8. The molecule has 122 valence electrons. The molecular formula is C17H28F3N. The van der Waals surface area contributed by atoms with Gasteiger partial charge in [0.05, 0.1) is 5.92 Å². The van der Waals surface area contributed by atoms with Crippen LogP contribution in [0.15, 0.2) is 0 Å². The molecule has 0 heterocycles. The molecule has 0 aromatic carbocycles. The maximum atomic E-state index is 12.7. The molecule has 3 fully saturated rings. The molecule has 3 rings (SSSR count). The van der Waals surface area contributed by atoms with E-state index in [-0.39, 0.29) is 0 Å². The molecule has 3 atom stereocenters. The molecule has 3 unspecified atom stereocenters. The van der Waals surface area contributed by atoms with Gasteiger partial charge in [0, 0.05) is 12.1 Å². The highest BCUT2D eigenvalue weighted by atomic mass is 19.4. The Balaban J connectivity index is 1.43. The second-order valence-corrected chi connectivity index (χ2v) is 7.57. The molecule has 4 heteroatoms. The van der Waals surface area contributed by atoms with E-state index in [2.05, 4.69) is 5.32 Å². The molecule has 1 N–H and O–H groups in total. The highest BCUT2D eigenvalue weighted by molar-refractivity contribution is 4.89. The number of rotatable bonds is 2. The number of fused-ring (bicyclic) bond motifs is 1. The van der Waals surface area contributed by atoms with Gasteiger partial charge in [0.2, 0.25) is 0 Å². The zero-order valence-electron chi connectivity index (χ0n) is 12.8. The quantitative estimate of drug-likeness (QED) is 0.752. The predicted octanol–water partition coefficient (Wildman–Crippen LogP) is 5.06. The summed E-state index contributed by atoms with van der Waals surface area (Å²) in [6, 6.07) is 0.894. The van der Waals surface area contributed by atoms with E-state index in [4.69, 9.17) is 0 Å². The first-order valence-corrected chi connectivity index (χ1v) is 8.85. The van der Waals surface area contributed by atoms with Crippen LogP contribution in [0.25, 0.3) is 0 Å². The third kappa shape index (κ3) is 3.94. The van der Waals surface area contributed by atoms with Crippen molar-refractivity contribution in [3.05, 3.63) is 0 Å². The minimum atomic E-state index is -3.98. The summed E-state index contributed by atoms with van der Waals surface area (Å²) in [4.78, 5) is 0. The minimum Gasteiger partial charge on any atom is -0.311 e. The summed E-state index contributed by atoms with van der Waals surface area (Å²) in [6.45, 7) is 0. The number of nitrogens with one attached hydrogen (secondary N) is 1. The van der Waals surface area contributed by atoms with Crippen LogP contribution in [0.3, 0.4) is 0 Å². The molecule has 0 saturated heterocycles. The largest absolute Gasteiger partial charge is 0.391 e. The van der Waals surface area contributed by atoms with Gasteiger partial charge in [-0.1, -0.05) is 25.7 Å². The molecule has 0 radical (unpaired) electrons. The van der Waals surface area contributed by atoms with E-state index < -0.39 is 12.1 Å². The lowest BCUT2D eigenvalue weighted by Gasteiger charge is -2.41. The molecule has 3 saturated carbocycles. The molecule has 0 bridgehead atoms. The normalized spacial score (nSPS) is 41.6. The molecule has 1 nitrogen and oxygen atoms in total. The number of hydrogen-bond donors (Lipinski definition) is 1. The van der Waals surface area contributed by atoms with Crippen LogP contribution in [0.5, 0.6) is 0 Å². The van der Waals surface area contributed by atoms with E-state index in [0.717, 1.165) is 11.8 Å². The SMILES string of the molecule is FC(F)(F)C1CCC(NC2CCC3CCCCC3C2)CC1. The van der Waals surface area contributed by atoms with Crippen LogP contribution in [-0.4, -0.2) is 18.3 Å². The lowest BCUT2D eigenvalue weighted by atomic mass is 9.69. The summed E-state index contributed by atoms with van der Waals surface area (Å²) in [5.74, 6) is 0.777. The Morgan fingerprint density at radius 3 is 1.95 bits per heavy atom. The molecule has 0 spiro atoms. The van der Waals surface area contributed by atoms with Crippen molar-refractivity contribution >= 4 is 0 Å².